The molecule has 0 heterocycles. The fourth-order valence-electron chi connectivity index (χ4n) is 1.14. The maximum atomic E-state index is 11.4. The van der Waals surface area contributed by atoms with E-state index in [-0.39, 0.29) is 18.6 Å². The third kappa shape index (κ3) is 5.28. The van der Waals surface area contributed by atoms with Crippen LogP contribution in [0.4, 0.5) is 0 Å². The summed E-state index contributed by atoms with van der Waals surface area (Å²) < 4.78 is 6.21. The van der Waals surface area contributed by atoms with Crippen molar-refractivity contribution in [1.82, 2.24) is 5.32 Å². The van der Waals surface area contributed by atoms with Crippen molar-refractivity contribution in [2.24, 2.45) is 0 Å². The lowest BCUT2D eigenvalue weighted by molar-refractivity contribution is -0.127. The lowest BCUT2D eigenvalue weighted by Crippen LogP contribution is -2.28. The van der Waals surface area contributed by atoms with E-state index in [1.165, 1.54) is 0 Å². The van der Waals surface area contributed by atoms with Gasteiger partial charge in [0.2, 0.25) is 5.91 Å². The molecule has 4 heteroatoms. The smallest absolute Gasteiger partial charge is 0.246 e. The summed E-state index contributed by atoms with van der Waals surface area (Å²) >= 11 is 3.38. The van der Waals surface area contributed by atoms with Crippen LogP contribution in [0.2, 0.25) is 0 Å². The first-order valence-electron chi connectivity index (χ1n) is 5.20. The Morgan fingerprint density at radius 3 is 2.88 bits per heavy atom. The van der Waals surface area contributed by atoms with E-state index < -0.39 is 0 Å². The van der Waals surface area contributed by atoms with E-state index in [2.05, 4.69) is 21.2 Å². The predicted molar refractivity (Wildman–Crippen MR) is 67.1 cm³/mol. The van der Waals surface area contributed by atoms with Crippen molar-refractivity contribution >= 4 is 21.8 Å². The second-order valence-electron chi connectivity index (χ2n) is 3.77. The van der Waals surface area contributed by atoms with Crippen LogP contribution in [0.15, 0.2) is 28.7 Å². The van der Waals surface area contributed by atoms with E-state index in [9.17, 15) is 4.79 Å². The molecule has 1 aromatic carbocycles. The van der Waals surface area contributed by atoms with Crippen LogP contribution in [0, 0.1) is 0 Å². The first-order chi connectivity index (χ1) is 7.58. The molecule has 0 bridgehead atoms. The van der Waals surface area contributed by atoms with Gasteiger partial charge in [0.05, 0.1) is 6.10 Å². The first-order valence-corrected chi connectivity index (χ1v) is 6.00. The minimum Gasteiger partial charge on any atom is -0.369 e. The molecule has 0 atom stereocenters. The number of nitrogens with one attached hydrogen (secondary N) is 1. The van der Waals surface area contributed by atoms with Crippen LogP contribution in [0.3, 0.4) is 0 Å². The molecule has 1 aromatic rings. The van der Waals surface area contributed by atoms with Gasteiger partial charge in [0.15, 0.2) is 0 Å². The number of halogens is 1. The lowest BCUT2D eigenvalue weighted by Gasteiger charge is -2.08. The molecule has 1 N–H and O–H groups in total. The zero-order valence-electron chi connectivity index (χ0n) is 9.50. The highest BCUT2D eigenvalue weighted by Gasteiger charge is 2.03. The van der Waals surface area contributed by atoms with Gasteiger partial charge >= 0.3 is 0 Å². The Bertz CT molecular complexity index is 353. The molecule has 0 aromatic heterocycles. The van der Waals surface area contributed by atoms with Gasteiger partial charge in [-0.25, -0.2) is 0 Å². The highest BCUT2D eigenvalue weighted by atomic mass is 79.9. The van der Waals surface area contributed by atoms with Gasteiger partial charge in [-0.1, -0.05) is 28.1 Å². The van der Waals surface area contributed by atoms with Crippen molar-refractivity contribution in [1.29, 1.82) is 0 Å². The molecule has 1 amide bonds. The van der Waals surface area contributed by atoms with Gasteiger partial charge in [0, 0.05) is 11.0 Å². The van der Waals surface area contributed by atoms with Gasteiger partial charge in [0.1, 0.15) is 6.61 Å². The highest BCUT2D eigenvalue weighted by molar-refractivity contribution is 9.10. The molecule has 0 saturated carbocycles. The first kappa shape index (κ1) is 13.2. The maximum absolute atomic E-state index is 11.4. The van der Waals surface area contributed by atoms with Crippen molar-refractivity contribution in [3.8, 4) is 0 Å². The number of rotatable bonds is 5. The monoisotopic (exact) mass is 285 g/mol. The average molecular weight is 286 g/mol. The standard InChI is InChI=1S/C12H16BrNO2/c1-9(2)16-8-12(15)14-7-10-4-3-5-11(13)6-10/h3-6,9H,7-8H2,1-2H3,(H,14,15). The normalized spacial score (nSPS) is 10.5. The predicted octanol–water partition coefficient (Wildman–Crippen LogP) is 2.49. The zero-order chi connectivity index (χ0) is 12.0. The highest BCUT2D eigenvalue weighted by Crippen LogP contribution is 2.11. The maximum Gasteiger partial charge on any atom is 0.246 e. The van der Waals surface area contributed by atoms with E-state index >= 15 is 0 Å². The minimum atomic E-state index is -0.0892. The van der Waals surface area contributed by atoms with Crippen LogP contribution in [0.1, 0.15) is 19.4 Å². The molecule has 0 aliphatic heterocycles. The Morgan fingerprint density at radius 1 is 1.50 bits per heavy atom. The van der Waals surface area contributed by atoms with Crippen LogP contribution in [-0.4, -0.2) is 18.6 Å². The molecule has 0 aliphatic rings. The van der Waals surface area contributed by atoms with E-state index in [0.29, 0.717) is 6.54 Å². The Labute approximate surface area is 104 Å². The van der Waals surface area contributed by atoms with Crippen LogP contribution in [-0.2, 0) is 16.1 Å². The van der Waals surface area contributed by atoms with E-state index in [1.807, 2.05) is 38.1 Å². The molecule has 0 fully saturated rings. The topological polar surface area (TPSA) is 38.3 Å². The average Bonchev–Trinajstić information content (AvgIpc) is 2.23. The van der Waals surface area contributed by atoms with Crippen molar-refractivity contribution in [3.63, 3.8) is 0 Å². The molecule has 0 saturated heterocycles. The number of benzene rings is 1. The fraction of sp³-hybridized carbons (Fsp3) is 0.417. The number of carbonyl (C=O) groups excluding carboxylic acids is 1. The number of ether oxygens (including phenoxy) is 1. The second kappa shape index (κ2) is 6.66. The van der Waals surface area contributed by atoms with E-state index in [1.54, 1.807) is 0 Å². The SMILES string of the molecule is CC(C)OCC(=O)NCc1cccc(Br)c1. The summed E-state index contributed by atoms with van der Waals surface area (Å²) in [5.74, 6) is -0.0892. The van der Waals surface area contributed by atoms with Gasteiger partial charge in [0.25, 0.3) is 0 Å². The number of hydrogen-bond acceptors (Lipinski definition) is 2. The summed E-state index contributed by atoms with van der Waals surface area (Å²) in [5.41, 5.74) is 1.06. The van der Waals surface area contributed by atoms with Gasteiger partial charge in [-0.2, -0.15) is 0 Å². The molecule has 0 unspecified atom stereocenters. The number of carbonyl (C=O) groups is 1. The largest absolute Gasteiger partial charge is 0.369 e. The zero-order valence-corrected chi connectivity index (χ0v) is 11.1. The second-order valence-corrected chi connectivity index (χ2v) is 4.68. The molecular formula is C12H16BrNO2. The van der Waals surface area contributed by atoms with Crippen LogP contribution >= 0.6 is 15.9 Å². The number of amides is 1. The van der Waals surface area contributed by atoms with Crippen LogP contribution in [0.5, 0.6) is 0 Å². The molecule has 0 spiro atoms. The number of hydrogen-bond donors (Lipinski definition) is 1. The Hall–Kier alpha value is -0.870. The molecule has 1 rings (SSSR count). The summed E-state index contributed by atoms with van der Waals surface area (Å²) in [4.78, 5) is 11.4. The van der Waals surface area contributed by atoms with Gasteiger partial charge in [-0.3, -0.25) is 4.79 Å². The minimum absolute atomic E-state index is 0.0802. The quantitative estimate of drug-likeness (QED) is 0.903. The van der Waals surface area contributed by atoms with Gasteiger partial charge in [-0.15, -0.1) is 0 Å². The molecule has 0 aliphatic carbocycles. The Kier molecular flexibility index (Phi) is 5.49. The van der Waals surface area contributed by atoms with Crippen molar-refractivity contribution in [3.05, 3.63) is 34.3 Å². The lowest BCUT2D eigenvalue weighted by atomic mass is 10.2. The fourth-order valence-corrected chi connectivity index (χ4v) is 1.59. The van der Waals surface area contributed by atoms with Gasteiger partial charge < -0.3 is 10.1 Å². The third-order valence-electron chi connectivity index (χ3n) is 1.93. The van der Waals surface area contributed by atoms with E-state index in [4.69, 9.17) is 4.74 Å². The van der Waals surface area contributed by atoms with Crippen molar-refractivity contribution in [2.75, 3.05) is 6.61 Å². The van der Waals surface area contributed by atoms with Crippen LogP contribution < -0.4 is 5.32 Å². The third-order valence-corrected chi connectivity index (χ3v) is 2.42. The summed E-state index contributed by atoms with van der Waals surface area (Å²) in [6.45, 7) is 4.45. The molecule has 16 heavy (non-hydrogen) atoms. The van der Waals surface area contributed by atoms with Gasteiger partial charge in [-0.05, 0) is 31.5 Å². The Balaban J connectivity index is 2.31. The summed E-state index contributed by atoms with van der Waals surface area (Å²) in [7, 11) is 0. The molecule has 3 nitrogen and oxygen atoms in total. The van der Waals surface area contributed by atoms with Crippen LogP contribution in [0.25, 0.3) is 0 Å². The molecular weight excluding hydrogens is 270 g/mol. The Morgan fingerprint density at radius 2 is 2.25 bits per heavy atom. The summed E-state index contributed by atoms with van der Waals surface area (Å²) in [6, 6.07) is 7.83. The summed E-state index contributed by atoms with van der Waals surface area (Å²) in [5, 5.41) is 2.80. The van der Waals surface area contributed by atoms with Crippen molar-refractivity contribution < 1.29 is 9.53 Å². The molecule has 88 valence electrons. The van der Waals surface area contributed by atoms with Crippen molar-refractivity contribution in [2.45, 2.75) is 26.5 Å². The van der Waals surface area contributed by atoms with E-state index in [0.717, 1.165) is 10.0 Å². The summed E-state index contributed by atoms with van der Waals surface area (Å²) in [6.07, 6.45) is 0.0802. The molecule has 0 radical (unpaired) electrons.